The number of nitrogen functional groups attached to an aromatic ring is 1. The Morgan fingerprint density at radius 1 is 1.29 bits per heavy atom. The number of urea groups is 1. The Labute approximate surface area is 103 Å². The molecule has 17 heavy (non-hydrogen) atoms. The molecule has 1 aromatic rings. The maximum absolute atomic E-state index is 11.8. The first-order valence-corrected chi connectivity index (χ1v) is 6.04. The lowest BCUT2D eigenvalue weighted by Gasteiger charge is -2.22. The van der Waals surface area contributed by atoms with Crippen molar-refractivity contribution in [1.29, 1.82) is 0 Å². The number of amides is 2. The highest BCUT2D eigenvalue weighted by molar-refractivity contribution is 5.74. The molecule has 0 aromatic heterocycles. The molecule has 0 spiro atoms. The van der Waals surface area contributed by atoms with Crippen LogP contribution in [-0.2, 0) is 6.54 Å². The lowest BCUT2D eigenvalue weighted by molar-refractivity contribution is 0.196. The molecule has 0 heterocycles. The molecule has 0 saturated carbocycles. The van der Waals surface area contributed by atoms with Crippen molar-refractivity contribution < 1.29 is 4.79 Å². The fraction of sp³-hybridized carbons (Fsp3) is 0.462. The number of benzene rings is 1. The second-order valence-corrected chi connectivity index (χ2v) is 4.00. The third kappa shape index (κ3) is 4.34. The van der Waals surface area contributed by atoms with Crippen molar-refractivity contribution in [2.75, 3.05) is 18.8 Å². The lowest BCUT2D eigenvalue weighted by Crippen LogP contribution is -2.39. The van der Waals surface area contributed by atoms with Crippen LogP contribution in [0, 0.1) is 0 Å². The summed E-state index contributed by atoms with van der Waals surface area (Å²) in [7, 11) is 0. The van der Waals surface area contributed by atoms with Gasteiger partial charge in [-0.1, -0.05) is 19.1 Å². The van der Waals surface area contributed by atoms with Gasteiger partial charge in [0.05, 0.1) is 0 Å². The van der Waals surface area contributed by atoms with Gasteiger partial charge in [-0.05, 0) is 31.0 Å². The van der Waals surface area contributed by atoms with Crippen LogP contribution in [-0.4, -0.2) is 24.0 Å². The molecule has 0 aliphatic heterocycles. The van der Waals surface area contributed by atoms with Gasteiger partial charge in [0.15, 0.2) is 0 Å². The van der Waals surface area contributed by atoms with Gasteiger partial charge < -0.3 is 16.0 Å². The molecular weight excluding hydrogens is 214 g/mol. The zero-order chi connectivity index (χ0) is 12.7. The lowest BCUT2D eigenvalue weighted by atomic mass is 10.2. The van der Waals surface area contributed by atoms with Crippen molar-refractivity contribution in [2.24, 2.45) is 0 Å². The molecule has 0 aliphatic carbocycles. The van der Waals surface area contributed by atoms with E-state index < -0.39 is 0 Å². The van der Waals surface area contributed by atoms with E-state index in [0.29, 0.717) is 13.1 Å². The topological polar surface area (TPSA) is 58.4 Å². The minimum atomic E-state index is -0.00817. The van der Waals surface area contributed by atoms with Crippen LogP contribution < -0.4 is 11.1 Å². The summed E-state index contributed by atoms with van der Waals surface area (Å²) in [6.07, 6.45) is 0.951. The number of carbonyl (C=O) groups excluding carboxylic acids is 1. The number of hydrogen-bond acceptors (Lipinski definition) is 2. The Morgan fingerprint density at radius 3 is 2.47 bits per heavy atom. The summed E-state index contributed by atoms with van der Waals surface area (Å²) in [6.45, 7) is 6.03. The van der Waals surface area contributed by atoms with Crippen molar-refractivity contribution >= 4 is 11.7 Å². The molecule has 0 bridgehead atoms. The predicted octanol–water partition coefficient (Wildman–Crippen LogP) is 2.21. The van der Waals surface area contributed by atoms with Crippen LogP contribution in [0.1, 0.15) is 25.8 Å². The highest BCUT2D eigenvalue weighted by Crippen LogP contribution is 2.09. The number of hydrogen-bond donors (Lipinski definition) is 2. The van der Waals surface area contributed by atoms with Crippen LogP contribution in [0.4, 0.5) is 10.5 Å². The summed E-state index contributed by atoms with van der Waals surface area (Å²) in [5, 5.41) is 2.82. The monoisotopic (exact) mass is 235 g/mol. The summed E-state index contributed by atoms with van der Waals surface area (Å²) in [6, 6.07) is 7.62. The Kier molecular flexibility index (Phi) is 5.33. The number of nitrogens with one attached hydrogen (secondary N) is 1. The van der Waals surface area contributed by atoms with E-state index in [-0.39, 0.29) is 6.03 Å². The van der Waals surface area contributed by atoms with E-state index in [1.54, 1.807) is 0 Å². The molecule has 1 rings (SSSR count). The second-order valence-electron chi connectivity index (χ2n) is 4.00. The van der Waals surface area contributed by atoms with Crippen LogP contribution in [0.5, 0.6) is 0 Å². The van der Waals surface area contributed by atoms with E-state index in [4.69, 9.17) is 5.73 Å². The molecule has 0 radical (unpaired) electrons. The zero-order valence-electron chi connectivity index (χ0n) is 10.6. The number of carbonyl (C=O) groups is 1. The molecule has 4 nitrogen and oxygen atoms in total. The van der Waals surface area contributed by atoms with Crippen molar-refractivity contribution in [3.05, 3.63) is 29.8 Å². The number of rotatable bonds is 5. The van der Waals surface area contributed by atoms with Crippen LogP contribution >= 0.6 is 0 Å². The molecule has 0 unspecified atom stereocenters. The van der Waals surface area contributed by atoms with E-state index in [0.717, 1.165) is 24.2 Å². The summed E-state index contributed by atoms with van der Waals surface area (Å²) in [5.74, 6) is 0. The standard InChI is InChI=1S/C13H21N3O/c1-3-9-16(13(17)15-4-2)10-11-5-7-12(14)8-6-11/h5-8H,3-4,9-10,14H2,1-2H3,(H,15,17). The maximum Gasteiger partial charge on any atom is 0.317 e. The molecule has 2 amide bonds. The summed E-state index contributed by atoms with van der Waals surface area (Å²) >= 11 is 0. The van der Waals surface area contributed by atoms with Crippen molar-refractivity contribution in [2.45, 2.75) is 26.8 Å². The van der Waals surface area contributed by atoms with Crippen LogP contribution in [0.15, 0.2) is 24.3 Å². The largest absolute Gasteiger partial charge is 0.399 e. The van der Waals surface area contributed by atoms with Gasteiger partial charge in [0.1, 0.15) is 0 Å². The normalized spacial score (nSPS) is 10.0. The Balaban J connectivity index is 2.65. The minimum Gasteiger partial charge on any atom is -0.399 e. The first-order chi connectivity index (χ1) is 8.17. The maximum atomic E-state index is 11.8. The van der Waals surface area contributed by atoms with E-state index in [1.165, 1.54) is 0 Å². The molecule has 0 atom stereocenters. The predicted molar refractivity (Wildman–Crippen MR) is 70.6 cm³/mol. The zero-order valence-corrected chi connectivity index (χ0v) is 10.6. The number of anilines is 1. The van der Waals surface area contributed by atoms with Crippen LogP contribution in [0.2, 0.25) is 0 Å². The molecule has 0 aliphatic rings. The van der Waals surface area contributed by atoms with E-state index in [2.05, 4.69) is 12.2 Å². The van der Waals surface area contributed by atoms with Crippen molar-refractivity contribution in [3.63, 3.8) is 0 Å². The molecule has 1 aromatic carbocycles. The highest BCUT2D eigenvalue weighted by atomic mass is 16.2. The van der Waals surface area contributed by atoms with Gasteiger partial charge in [-0.25, -0.2) is 4.79 Å². The molecule has 0 saturated heterocycles. The van der Waals surface area contributed by atoms with Gasteiger partial charge >= 0.3 is 6.03 Å². The van der Waals surface area contributed by atoms with E-state index >= 15 is 0 Å². The third-order valence-electron chi connectivity index (χ3n) is 2.46. The second kappa shape index (κ2) is 6.78. The molecule has 0 fully saturated rings. The van der Waals surface area contributed by atoms with Crippen LogP contribution in [0.25, 0.3) is 0 Å². The molecule has 94 valence electrons. The van der Waals surface area contributed by atoms with Crippen molar-refractivity contribution in [1.82, 2.24) is 10.2 Å². The van der Waals surface area contributed by atoms with E-state index in [9.17, 15) is 4.79 Å². The average Bonchev–Trinajstić information content (AvgIpc) is 2.31. The molecule has 4 heteroatoms. The van der Waals surface area contributed by atoms with Gasteiger partial charge in [-0.2, -0.15) is 0 Å². The van der Waals surface area contributed by atoms with Gasteiger partial charge in [-0.3, -0.25) is 0 Å². The van der Waals surface area contributed by atoms with E-state index in [1.807, 2.05) is 36.1 Å². The third-order valence-corrected chi connectivity index (χ3v) is 2.46. The Morgan fingerprint density at radius 2 is 1.94 bits per heavy atom. The average molecular weight is 235 g/mol. The first kappa shape index (κ1) is 13.4. The van der Waals surface area contributed by atoms with Crippen LogP contribution in [0.3, 0.4) is 0 Å². The SMILES string of the molecule is CCCN(Cc1ccc(N)cc1)C(=O)NCC. The quantitative estimate of drug-likeness (QED) is 0.769. The fourth-order valence-corrected chi connectivity index (χ4v) is 1.63. The molecule has 3 N–H and O–H groups in total. The smallest absolute Gasteiger partial charge is 0.317 e. The van der Waals surface area contributed by atoms with Gasteiger partial charge in [0.2, 0.25) is 0 Å². The van der Waals surface area contributed by atoms with Crippen molar-refractivity contribution in [3.8, 4) is 0 Å². The first-order valence-electron chi connectivity index (χ1n) is 6.04. The summed E-state index contributed by atoms with van der Waals surface area (Å²) in [4.78, 5) is 13.6. The number of nitrogens with zero attached hydrogens (tertiary/aromatic N) is 1. The minimum absolute atomic E-state index is 0.00817. The molecular formula is C13H21N3O. The highest BCUT2D eigenvalue weighted by Gasteiger charge is 2.11. The number of nitrogens with two attached hydrogens (primary N) is 1. The summed E-state index contributed by atoms with van der Waals surface area (Å²) < 4.78 is 0. The fourth-order valence-electron chi connectivity index (χ4n) is 1.63. The Bertz CT molecular complexity index is 348. The van der Waals surface area contributed by atoms with Gasteiger partial charge in [0, 0.05) is 25.3 Å². The van der Waals surface area contributed by atoms with Gasteiger partial charge in [0.25, 0.3) is 0 Å². The Hall–Kier alpha value is -1.71. The van der Waals surface area contributed by atoms with Gasteiger partial charge in [-0.15, -0.1) is 0 Å². The summed E-state index contributed by atoms with van der Waals surface area (Å²) in [5.41, 5.74) is 7.47.